The summed E-state index contributed by atoms with van der Waals surface area (Å²) in [5, 5.41) is 0. The van der Waals surface area contributed by atoms with E-state index in [1.165, 1.54) is 30.3 Å². The van der Waals surface area contributed by atoms with Crippen LogP contribution in [0.2, 0.25) is 0 Å². The molecule has 0 aliphatic carbocycles. The first-order valence-corrected chi connectivity index (χ1v) is 7.14. The molecule has 0 aliphatic heterocycles. The van der Waals surface area contributed by atoms with E-state index < -0.39 is 23.0 Å². The van der Waals surface area contributed by atoms with Gasteiger partial charge in [0.15, 0.2) is 0 Å². The Bertz CT molecular complexity index is 638. The molecule has 0 saturated carbocycles. The van der Waals surface area contributed by atoms with Crippen LogP contribution in [0, 0.1) is 5.82 Å². The molecule has 0 heterocycles. The van der Waals surface area contributed by atoms with Crippen molar-refractivity contribution in [2.75, 3.05) is 0 Å². The summed E-state index contributed by atoms with van der Waals surface area (Å²) in [6, 6.07) is 10.4. The summed E-state index contributed by atoms with van der Waals surface area (Å²) < 4.78 is 64.8. The second-order valence-corrected chi connectivity index (χ2v) is 5.59. The van der Waals surface area contributed by atoms with Gasteiger partial charge >= 0.3 is 6.36 Å². The number of ether oxygens (including phenoxy) is 1. The SMILES string of the molecule is O=S(Cc1ccc(OC(F)(F)F)cc1)c1cccc(F)c1. The van der Waals surface area contributed by atoms with E-state index in [9.17, 15) is 21.8 Å². The average molecular weight is 318 g/mol. The maximum Gasteiger partial charge on any atom is 0.573 e. The molecule has 7 heteroatoms. The molecule has 2 aromatic carbocycles. The molecule has 0 fully saturated rings. The number of hydrogen-bond donors (Lipinski definition) is 0. The molecule has 112 valence electrons. The van der Waals surface area contributed by atoms with Crippen LogP contribution in [-0.4, -0.2) is 10.6 Å². The Labute approximate surface area is 120 Å². The number of alkyl halides is 3. The molecule has 0 radical (unpaired) electrons. The predicted molar refractivity (Wildman–Crippen MR) is 69.6 cm³/mol. The first-order valence-electron chi connectivity index (χ1n) is 5.82. The van der Waals surface area contributed by atoms with Crippen molar-refractivity contribution in [1.82, 2.24) is 0 Å². The quantitative estimate of drug-likeness (QED) is 0.796. The Balaban J connectivity index is 2.05. The molecule has 2 nitrogen and oxygen atoms in total. The molecule has 0 aromatic heterocycles. The Morgan fingerprint density at radius 3 is 2.29 bits per heavy atom. The number of hydrogen-bond acceptors (Lipinski definition) is 2. The molecule has 0 saturated heterocycles. The lowest BCUT2D eigenvalue weighted by Crippen LogP contribution is -2.17. The van der Waals surface area contributed by atoms with Gasteiger partial charge in [-0.1, -0.05) is 18.2 Å². The lowest BCUT2D eigenvalue weighted by Gasteiger charge is -2.09. The first-order chi connectivity index (χ1) is 9.83. The predicted octanol–water partition coefficient (Wildman–Crippen LogP) is 4.03. The van der Waals surface area contributed by atoms with Gasteiger partial charge in [-0.05, 0) is 35.9 Å². The normalized spacial score (nSPS) is 13.0. The fraction of sp³-hybridized carbons (Fsp3) is 0.143. The van der Waals surface area contributed by atoms with Crippen molar-refractivity contribution in [3.05, 3.63) is 59.9 Å². The standard InChI is InChI=1S/C14H10F4O2S/c15-11-2-1-3-13(8-11)21(19)9-10-4-6-12(7-5-10)20-14(16,17)18/h1-8H,9H2. The minimum Gasteiger partial charge on any atom is -0.406 e. The van der Waals surface area contributed by atoms with Crippen molar-refractivity contribution < 1.29 is 26.5 Å². The van der Waals surface area contributed by atoms with Gasteiger partial charge in [-0.3, -0.25) is 4.21 Å². The third kappa shape index (κ3) is 4.86. The van der Waals surface area contributed by atoms with Crippen LogP contribution in [0.15, 0.2) is 53.4 Å². The topological polar surface area (TPSA) is 26.3 Å². The van der Waals surface area contributed by atoms with E-state index in [2.05, 4.69) is 4.74 Å². The zero-order chi connectivity index (χ0) is 15.5. The number of benzene rings is 2. The summed E-state index contributed by atoms with van der Waals surface area (Å²) in [6.07, 6.45) is -4.74. The summed E-state index contributed by atoms with van der Waals surface area (Å²) in [7, 11) is -1.47. The maximum atomic E-state index is 13.0. The first kappa shape index (κ1) is 15.5. The van der Waals surface area contributed by atoms with Crippen molar-refractivity contribution in [2.45, 2.75) is 17.0 Å². The molecule has 2 rings (SSSR count). The third-order valence-corrected chi connectivity index (χ3v) is 3.89. The third-order valence-electron chi connectivity index (χ3n) is 2.51. The van der Waals surface area contributed by atoms with E-state index in [1.54, 1.807) is 0 Å². The highest BCUT2D eigenvalue weighted by atomic mass is 32.2. The molecule has 1 atom stereocenters. The van der Waals surface area contributed by atoms with E-state index in [4.69, 9.17) is 0 Å². The zero-order valence-electron chi connectivity index (χ0n) is 10.6. The van der Waals surface area contributed by atoms with Crippen LogP contribution in [0.1, 0.15) is 5.56 Å². The van der Waals surface area contributed by atoms with Crippen molar-refractivity contribution in [3.63, 3.8) is 0 Å². The van der Waals surface area contributed by atoms with Gasteiger partial charge in [0.1, 0.15) is 11.6 Å². The molecule has 21 heavy (non-hydrogen) atoms. The van der Waals surface area contributed by atoms with Crippen LogP contribution in [0.3, 0.4) is 0 Å². The Morgan fingerprint density at radius 2 is 1.71 bits per heavy atom. The Morgan fingerprint density at radius 1 is 1.05 bits per heavy atom. The molecular weight excluding hydrogens is 308 g/mol. The van der Waals surface area contributed by atoms with Crippen LogP contribution in [0.25, 0.3) is 0 Å². The molecule has 0 bridgehead atoms. The van der Waals surface area contributed by atoms with Gasteiger partial charge in [-0.2, -0.15) is 0 Å². The summed E-state index contributed by atoms with van der Waals surface area (Å²) >= 11 is 0. The van der Waals surface area contributed by atoms with Gasteiger partial charge < -0.3 is 4.74 Å². The highest BCUT2D eigenvalue weighted by molar-refractivity contribution is 7.84. The molecule has 2 aromatic rings. The molecule has 0 N–H and O–H groups in total. The van der Waals surface area contributed by atoms with Gasteiger partial charge in [-0.25, -0.2) is 4.39 Å². The van der Waals surface area contributed by atoms with Crippen LogP contribution in [-0.2, 0) is 16.6 Å². The lowest BCUT2D eigenvalue weighted by atomic mass is 10.2. The monoisotopic (exact) mass is 318 g/mol. The van der Waals surface area contributed by atoms with E-state index in [0.29, 0.717) is 10.5 Å². The minimum atomic E-state index is -4.74. The molecule has 1 unspecified atom stereocenters. The van der Waals surface area contributed by atoms with Crippen molar-refractivity contribution in [1.29, 1.82) is 0 Å². The maximum absolute atomic E-state index is 13.0. The summed E-state index contributed by atoms with van der Waals surface area (Å²) in [5.74, 6) is -0.756. The Hall–Kier alpha value is -1.89. The minimum absolute atomic E-state index is 0.0791. The Kier molecular flexibility index (Phi) is 4.62. The molecule has 0 spiro atoms. The van der Waals surface area contributed by atoms with Gasteiger partial charge in [0.2, 0.25) is 0 Å². The summed E-state index contributed by atoms with van der Waals surface area (Å²) in [4.78, 5) is 0.325. The highest BCUT2D eigenvalue weighted by Gasteiger charge is 2.30. The van der Waals surface area contributed by atoms with Crippen LogP contribution in [0.5, 0.6) is 5.75 Å². The second kappa shape index (κ2) is 6.26. The fourth-order valence-electron chi connectivity index (χ4n) is 1.63. The van der Waals surface area contributed by atoms with Crippen molar-refractivity contribution in [2.24, 2.45) is 0 Å². The van der Waals surface area contributed by atoms with E-state index in [0.717, 1.165) is 18.2 Å². The molecule has 0 aliphatic rings. The fourth-order valence-corrected chi connectivity index (χ4v) is 2.77. The number of rotatable bonds is 4. The summed E-state index contributed by atoms with van der Waals surface area (Å²) in [5.41, 5.74) is 0.562. The highest BCUT2D eigenvalue weighted by Crippen LogP contribution is 2.23. The van der Waals surface area contributed by atoms with Gasteiger partial charge in [0, 0.05) is 4.90 Å². The van der Waals surface area contributed by atoms with Crippen LogP contribution >= 0.6 is 0 Å². The van der Waals surface area contributed by atoms with Gasteiger partial charge in [-0.15, -0.1) is 13.2 Å². The summed E-state index contributed by atoms with van der Waals surface area (Å²) in [6.45, 7) is 0. The molecule has 0 amide bonds. The van der Waals surface area contributed by atoms with E-state index >= 15 is 0 Å². The van der Waals surface area contributed by atoms with Crippen molar-refractivity contribution in [3.8, 4) is 5.75 Å². The molecular formula is C14H10F4O2S. The average Bonchev–Trinajstić information content (AvgIpc) is 2.39. The smallest absolute Gasteiger partial charge is 0.406 e. The second-order valence-electron chi connectivity index (χ2n) is 4.14. The van der Waals surface area contributed by atoms with Gasteiger partial charge in [0.05, 0.1) is 16.6 Å². The van der Waals surface area contributed by atoms with Crippen LogP contribution < -0.4 is 4.74 Å². The zero-order valence-corrected chi connectivity index (χ0v) is 11.4. The van der Waals surface area contributed by atoms with Crippen molar-refractivity contribution >= 4 is 10.8 Å². The van der Waals surface area contributed by atoms with Crippen LogP contribution in [0.4, 0.5) is 17.6 Å². The van der Waals surface area contributed by atoms with E-state index in [1.807, 2.05) is 0 Å². The lowest BCUT2D eigenvalue weighted by molar-refractivity contribution is -0.274. The van der Waals surface area contributed by atoms with E-state index in [-0.39, 0.29) is 11.5 Å². The largest absolute Gasteiger partial charge is 0.573 e. The van der Waals surface area contributed by atoms with Gasteiger partial charge in [0.25, 0.3) is 0 Å². The number of halogens is 4.